The number of halogens is 4. The van der Waals surface area contributed by atoms with E-state index in [1.807, 2.05) is 0 Å². The molecular formula is C15H11ClF2INO. The van der Waals surface area contributed by atoms with E-state index in [-0.39, 0.29) is 12.4 Å². The monoisotopic (exact) mass is 421 g/mol. The molecular weight excluding hydrogens is 411 g/mol. The van der Waals surface area contributed by atoms with Gasteiger partial charge in [-0.2, -0.15) is 0 Å². The lowest BCUT2D eigenvalue weighted by Gasteiger charge is -2.13. The number of benzene rings is 1. The molecule has 1 aromatic carbocycles. The second kappa shape index (κ2) is 7.17. The number of hydrogen-bond acceptors (Lipinski definition) is 2. The van der Waals surface area contributed by atoms with E-state index in [4.69, 9.17) is 16.3 Å². The minimum atomic E-state index is -0.649. The summed E-state index contributed by atoms with van der Waals surface area (Å²) in [4.78, 5) is 4.23. The highest BCUT2D eigenvalue weighted by molar-refractivity contribution is 14.1. The topological polar surface area (TPSA) is 22.1 Å². The Morgan fingerprint density at radius 3 is 2.62 bits per heavy atom. The highest BCUT2D eigenvalue weighted by Crippen LogP contribution is 2.34. The van der Waals surface area contributed by atoms with Gasteiger partial charge in [-0.1, -0.05) is 18.2 Å². The van der Waals surface area contributed by atoms with Crippen LogP contribution in [0.1, 0.15) is 0 Å². The van der Waals surface area contributed by atoms with Gasteiger partial charge in [0.15, 0.2) is 5.75 Å². The third-order valence-corrected chi connectivity index (χ3v) is 3.62. The SMILES string of the molecule is C=C(CF)COc1c(I)cc(Cl)nc1-c1ccc(F)cc1. The average Bonchev–Trinajstić information content (AvgIpc) is 2.46. The van der Waals surface area contributed by atoms with Crippen molar-refractivity contribution < 1.29 is 13.5 Å². The number of alkyl halides is 1. The van der Waals surface area contributed by atoms with E-state index in [1.165, 1.54) is 12.1 Å². The summed E-state index contributed by atoms with van der Waals surface area (Å²) in [5, 5.41) is 0.301. The number of rotatable bonds is 5. The maximum absolute atomic E-state index is 13.0. The first-order chi connectivity index (χ1) is 10.0. The van der Waals surface area contributed by atoms with Gasteiger partial charge in [-0.25, -0.2) is 13.8 Å². The molecule has 2 rings (SSSR count). The molecule has 0 N–H and O–H groups in total. The van der Waals surface area contributed by atoms with Gasteiger partial charge in [-0.15, -0.1) is 0 Å². The third kappa shape index (κ3) is 4.14. The lowest BCUT2D eigenvalue weighted by molar-refractivity contribution is 0.336. The first-order valence-electron chi connectivity index (χ1n) is 5.98. The average molecular weight is 422 g/mol. The van der Waals surface area contributed by atoms with Gasteiger partial charge < -0.3 is 4.74 Å². The van der Waals surface area contributed by atoms with Crippen LogP contribution in [0.25, 0.3) is 11.3 Å². The van der Waals surface area contributed by atoms with E-state index in [0.29, 0.717) is 27.7 Å². The van der Waals surface area contributed by atoms with Gasteiger partial charge in [-0.3, -0.25) is 0 Å². The lowest BCUT2D eigenvalue weighted by Crippen LogP contribution is -2.05. The fraction of sp³-hybridized carbons (Fsp3) is 0.133. The van der Waals surface area contributed by atoms with Gasteiger partial charge in [0.05, 0.1) is 3.57 Å². The fourth-order valence-corrected chi connectivity index (χ4v) is 2.71. The summed E-state index contributed by atoms with van der Waals surface area (Å²) >= 11 is 8.03. The van der Waals surface area contributed by atoms with Crippen LogP contribution in [-0.2, 0) is 0 Å². The van der Waals surface area contributed by atoms with Gasteiger partial charge in [0.25, 0.3) is 0 Å². The molecule has 0 aliphatic rings. The van der Waals surface area contributed by atoms with Gasteiger partial charge in [0.2, 0.25) is 0 Å². The van der Waals surface area contributed by atoms with Crippen molar-refractivity contribution in [2.45, 2.75) is 0 Å². The van der Waals surface area contributed by atoms with E-state index >= 15 is 0 Å². The molecule has 0 bridgehead atoms. The molecule has 21 heavy (non-hydrogen) atoms. The minimum absolute atomic E-state index is 0.0456. The van der Waals surface area contributed by atoms with Gasteiger partial charge >= 0.3 is 0 Å². The van der Waals surface area contributed by atoms with E-state index in [2.05, 4.69) is 34.2 Å². The molecule has 2 aromatic rings. The predicted molar refractivity (Wildman–Crippen MR) is 88.0 cm³/mol. The van der Waals surface area contributed by atoms with E-state index < -0.39 is 6.67 Å². The van der Waals surface area contributed by atoms with Crippen LogP contribution in [0.2, 0.25) is 5.15 Å². The summed E-state index contributed by atoms with van der Waals surface area (Å²) < 4.78 is 31.8. The zero-order chi connectivity index (χ0) is 15.4. The van der Waals surface area contributed by atoms with Crippen molar-refractivity contribution in [2.24, 2.45) is 0 Å². The molecule has 1 heterocycles. The van der Waals surface area contributed by atoms with E-state index in [0.717, 1.165) is 3.57 Å². The summed E-state index contributed by atoms with van der Waals surface area (Å²) in [7, 11) is 0. The Morgan fingerprint density at radius 1 is 1.33 bits per heavy atom. The number of ether oxygens (including phenoxy) is 1. The first-order valence-corrected chi connectivity index (χ1v) is 7.44. The van der Waals surface area contributed by atoms with Crippen molar-refractivity contribution in [1.82, 2.24) is 4.98 Å². The number of nitrogens with zero attached hydrogens (tertiary/aromatic N) is 1. The Hall–Kier alpha value is -1.21. The fourth-order valence-electron chi connectivity index (χ4n) is 1.63. The van der Waals surface area contributed by atoms with Crippen LogP contribution < -0.4 is 4.74 Å². The molecule has 0 saturated carbocycles. The van der Waals surface area contributed by atoms with Crippen molar-refractivity contribution in [3.05, 3.63) is 57.0 Å². The predicted octanol–water partition coefficient (Wildman–Crippen LogP) is 5.05. The zero-order valence-corrected chi connectivity index (χ0v) is 13.8. The summed E-state index contributed by atoms with van der Waals surface area (Å²) in [5.74, 6) is 0.130. The molecule has 1 aromatic heterocycles. The Kier molecular flexibility index (Phi) is 5.52. The summed E-state index contributed by atoms with van der Waals surface area (Å²) in [6.45, 7) is 2.95. The van der Waals surface area contributed by atoms with Crippen LogP contribution in [0.5, 0.6) is 5.75 Å². The molecule has 0 aliphatic heterocycles. The summed E-state index contributed by atoms with van der Waals surface area (Å²) in [6.07, 6.45) is 0. The van der Waals surface area contributed by atoms with Gasteiger partial charge in [-0.05, 0) is 58.5 Å². The Bertz CT molecular complexity index is 661. The highest BCUT2D eigenvalue weighted by Gasteiger charge is 2.14. The molecule has 0 fully saturated rings. The van der Waals surface area contributed by atoms with Crippen LogP contribution in [0.15, 0.2) is 42.5 Å². The van der Waals surface area contributed by atoms with Crippen molar-refractivity contribution >= 4 is 34.2 Å². The largest absolute Gasteiger partial charge is 0.486 e. The smallest absolute Gasteiger partial charge is 0.159 e. The van der Waals surface area contributed by atoms with E-state index in [9.17, 15) is 8.78 Å². The van der Waals surface area contributed by atoms with Gasteiger partial charge in [0, 0.05) is 5.56 Å². The van der Waals surface area contributed by atoms with Crippen molar-refractivity contribution in [1.29, 1.82) is 0 Å². The highest BCUT2D eigenvalue weighted by atomic mass is 127. The lowest BCUT2D eigenvalue weighted by atomic mass is 10.1. The second-order valence-corrected chi connectivity index (χ2v) is 5.83. The zero-order valence-electron chi connectivity index (χ0n) is 10.9. The van der Waals surface area contributed by atoms with Crippen molar-refractivity contribution in [2.75, 3.05) is 13.3 Å². The molecule has 0 saturated heterocycles. The number of pyridine rings is 1. The van der Waals surface area contributed by atoms with Crippen LogP contribution in [0.4, 0.5) is 8.78 Å². The Morgan fingerprint density at radius 2 is 2.00 bits per heavy atom. The molecule has 0 atom stereocenters. The van der Waals surface area contributed by atoms with Crippen LogP contribution in [-0.4, -0.2) is 18.3 Å². The molecule has 2 nitrogen and oxygen atoms in total. The standard InChI is InChI=1S/C15H11ClF2INO/c1-9(7-17)8-21-15-12(19)6-13(16)20-14(15)10-2-4-11(18)5-3-10/h2-6H,1,7-8H2. The molecule has 0 radical (unpaired) electrons. The van der Waals surface area contributed by atoms with Crippen LogP contribution >= 0.6 is 34.2 Å². The molecule has 110 valence electrons. The normalized spacial score (nSPS) is 10.5. The quantitative estimate of drug-likeness (QED) is 0.383. The van der Waals surface area contributed by atoms with Crippen molar-refractivity contribution in [3.63, 3.8) is 0 Å². The second-order valence-electron chi connectivity index (χ2n) is 4.28. The minimum Gasteiger partial charge on any atom is -0.486 e. The summed E-state index contributed by atoms with van der Waals surface area (Å²) in [6, 6.07) is 7.47. The van der Waals surface area contributed by atoms with Crippen LogP contribution in [0.3, 0.4) is 0 Å². The molecule has 6 heteroatoms. The third-order valence-electron chi connectivity index (χ3n) is 2.62. The number of aromatic nitrogens is 1. The summed E-state index contributed by atoms with van der Waals surface area (Å²) in [5.41, 5.74) is 1.47. The first kappa shape index (κ1) is 16.2. The van der Waals surface area contributed by atoms with E-state index in [1.54, 1.807) is 18.2 Å². The maximum Gasteiger partial charge on any atom is 0.159 e. The Labute approximate surface area is 139 Å². The molecule has 0 unspecified atom stereocenters. The number of hydrogen-bond donors (Lipinski definition) is 0. The molecule has 0 spiro atoms. The maximum atomic E-state index is 13.0. The van der Waals surface area contributed by atoms with Crippen molar-refractivity contribution in [3.8, 4) is 17.0 Å². The van der Waals surface area contributed by atoms with Crippen LogP contribution in [0, 0.1) is 9.39 Å². The molecule has 0 amide bonds. The molecule has 0 aliphatic carbocycles. The van der Waals surface area contributed by atoms with Gasteiger partial charge in [0.1, 0.15) is 29.9 Å². The Balaban J connectivity index is 2.43.